The highest BCUT2D eigenvalue weighted by Gasteiger charge is 2.20. The number of nitrogens with two attached hydrogens (primary N) is 1. The van der Waals surface area contributed by atoms with Crippen LogP contribution in [0.1, 0.15) is 12.1 Å². The van der Waals surface area contributed by atoms with E-state index in [-0.39, 0.29) is 11.9 Å². The van der Waals surface area contributed by atoms with Crippen molar-refractivity contribution in [1.82, 2.24) is 9.88 Å². The van der Waals surface area contributed by atoms with Crippen LogP contribution in [0, 0.1) is 5.82 Å². The first kappa shape index (κ1) is 12.3. The Hall–Kier alpha value is -1.72. The van der Waals surface area contributed by atoms with Crippen LogP contribution in [-0.4, -0.2) is 29.0 Å². The zero-order valence-corrected chi connectivity index (χ0v) is 10.6. The predicted molar refractivity (Wildman–Crippen MR) is 69.8 cm³/mol. The molecule has 2 heterocycles. The van der Waals surface area contributed by atoms with Gasteiger partial charge in [0.05, 0.1) is 5.69 Å². The Kier molecular flexibility index (Phi) is 3.31. The zero-order chi connectivity index (χ0) is 13.2. The Balaban J connectivity index is 1.71. The van der Waals surface area contributed by atoms with Crippen molar-refractivity contribution in [2.24, 2.45) is 5.73 Å². The van der Waals surface area contributed by atoms with Gasteiger partial charge in [0.25, 0.3) is 0 Å². The lowest BCUT2D eigenvalue weighted by atomic mass is 10.2. The predicted octanol–water partition coefficient (Wildman–Crippen LogP) is 2.01. The summed E-state index contributed by atoms with van der Waals surface area (Å²) in [6, 6.07) is 6.40. The van der Waals surface area contributed by atoms with Crippen molar-refractivity contribution >= 4 is 0 Å². The summed E-state index contributed by atoms with van der Waals surface area (Å²) in [6.45, 7) is 2.65. The van der Waals surface area contributed by atoms with Crippen LogP contribution in [0.5, 0.6) is 0 Å². The number of nitrogens with zero attached hydrogens (tertiary/aromatic N) is 2. The van der Waals surface area contributed by atoms with Crippen molar-refractivity contribution in [3.8, 4) is 11.5 Å². The molecule has 2 aromatic rings. The van der Waals surface area contributed by atoms with Crippen LogP contribution in [0.4, 0.5) is 4.39 Å². The van der Waals surface area contributed by atoms with Gasteiger partial charge in [-0.2, -0.15) is 0 Å². The van der Waals surface area contributed by atoms with E-state index in [1.807, 2.05) is 0 Å². The molecular weight excluding hydrogens is 245 g/mol. The number of hydrogen-bond donors (Lipinski definition) is 1. The van der Waals surface area contributed by atoms with Gasteiger partial charge in [0.1, 0.15) is 12.1 Å². The van der Waals surface area contributed by atoms with Gasteiger partial charge < -0.3 is 10.2 Å². The highest BCUT2D eigenvalue weighted by Crippen LogP contribution is 2.20. The van der Waals surface area contributed by atoms with Gasteiger partial charge in [0.15, 0.2) is 0 Å². The monoisotopic (exact) mass is 261 g/mol. The molecule has 1 aliphatic rings. The molecule has 0 amide bonds. The molecule has 1 atom stereocenters. The van der Waals surface area contributed by atoms with Crippen LogP contribution in [-0.2, 0) is 6.54 Å². The lowest BCUT2D eigenvalue weighted by molar-refractivity contribution is 0.322. The van der Waals surface area contributed by atoms with E-state index in [2.05, 4.69) is 9.88 Å². The minimum atomic E-state index is -0.262. The van der Waals surface area contributed by atoms with E-state index in [0.717, 1.165) is 37.3 Å². The third-order valence-corrected chi connectivity index (χ3v) is 3.34. The fourth-order valence-electron chi connectivity index (χ4n) is 2.34. The molecule has 1 saturated heterocycles. The normalized spacial score (nSPS) is 20.0. The zero-order valence-electron chi connectivity index (χ0n) is 10.6. The van der Waals surface area contributed by atoms with E-state index in [1.165, 1.54) is 12.1 Å². The average Bonchev–Trinajstić information content (AvgIpc) is 3.00. The molecule has 0 radical (unpaired) electrons. The summed E-state index contributed by atoms with van der Waals surface area (Å²) in [7, 11) is 0. The molecular formula is C14H16FN3O. The number of likely N-dealkylation sites (tertiary alicyclic amines) is 1. The Morgan fingerprint density at radius 3 is 2.84 bits per heavy atom. The van der Waals surface area contributed by atoms with E-state index < -0.39 is 0 Å². The molecule has 0 unspecified atom stereocenters. The molecule has 1 fully saturated rings. The van der Waals surface area contributed by atoms with E-state index in [0.29, 0.717) is 5.89 Å². The quantitative estimate of drug-likeness (QED) is 0.918. The van der Waals surface area contributed by atoms with Crippen molar-refractivity contribution in [2.75, 3.05) is 13.1 Å². The van der Waals surface area contributed by atoms with Gasteiger partial charge in [0.2, 0.25) is 5.89 Å². The third kappa shape index (κ3) is 2.83. The van der Waals surface area contributed by atoms with E-state index in [4.69, 9.17) is 10.2 Å². The highest BCUT2D eigenvalue weighted by molar-refractivity contribution is 5.52. The van der Waals surface area contributed by atoms with Gasteiger partial charge in [-0.25, -0.2) is 9.37 Å². The first-order valence-corrected chi connectivity index (χ1v) is 6.39. The molecule has 100 valence electrons. The first-order chi connectivity index (χ1) is 9.20. The summed E-state index contributed by atoms with van der Waals surface area (Å²) in [5.41, 5.74) is 7.53. The van der Waals surface area contributed by atoms with Crippen LogP contribution < -0.4 is 5.73 Å². The first-order valence-electron chi connectivity index (χ1n) is 6.39. The Bertz CT molecular complexity index is 552. The van der Waals surface area contributed by atoms with Crippen LogP contribution >= 0.6 is 0 Å². The second-order valence-corrected chi connectivity index (χ2v) is 4.93. The van der Waals surface area contributed by atoms with Gasteiger partial charge in [-0.15, -0.1) is 0 Å². The maximum atomic E-state index is 12.8. The van der Waals surface area contributed by atoms with Crippen LogP contribution in [0.2, 0.25) is 0 Å². The second kappa shape index (κ2) is 5.11. The maximum absolute atomic E-state index is 12.8. The number of benzene rings is 1. The topological polar surface area (TPSA) is 55.3 Å². The fourth-order valence-corrected chi connectivity index (χ4v) is 2.34. The SMILES string of the molecule is N[C@H]1CCN(Cc2coc(-c3ccc(F)cc3)n2)C1. The Morgan fingerprint density at radius 1 is 1.37 bits per heavy atom. The number of rotatable bonds is 3. The minimum absolute atomic E-state index is 0.262. The molecule has 0 spiro atoms. The van der Waals surface area contributed by atoms with Gasteiger partial charge in [-0.05, 0) is 30.7 Å². The molecule has 1 aromatic carbocycles. The molecule has 19 heavy (non-hydrogen) atoms. The van der Waals surface area contributed by atoms with Crippen LogP contribution in [0.3, 0.4) is 0 Å². The molecule has 1 aromatic heterocycles. The summed E-state index contributed by atoms with van der Waals surface area (Å²) in [6.07, 6.45) is 2.69. The minimum Gasteiger partial charge on any atom is -0.444 e. The number of oxazole rings is 1. The maximum Gasteiger partial charge on any atom is 0.226 e. The summed E-state index contributed by atoms with van der Waals surface area (Å²) in [4.78, 5) is 6.69. The standard InChI is InChI=1S/C14H16FN3O/c15-11-3-1-10(2-4-11)14-17-13(9-19-14)8-18-6-5-12(16)7-18/h1-4,9,12H,5-8,16H2/t12-/m0/s1. The van der Waals surface area contributed by atoms with Crippen LogP contribution in [0.15, 0.2) is 34.9 Å². The van der Waals surface area contributed by atoms with Crippen molar-refractivity contribution in [3.63, 3.8) is 0 Å². The molecule has 0 bridgehead atoms. The molecule has 5 heteroatoms. The van der Waals surface area contributed by atoms with Crippen molar-refractivity contribution in [1.29, 1.82) is 0 Å². The molecule has 2 N–H and O–H groups in total. The van der Waals surface area contributed by atoms with E-state index >= 15 is 0 Å². The van der Waals surface area contributed by atoms with Crippen molar-refractivity contribution in [3.05, 3.63) is 42.0 Å². The molecule has 0 aliphatic carbocycles. The van der Waals surface area contributed by atoms with Crippen molar-refractivity contribution < 1.29 is 8.81 Å². The Morgan fingerprint density at radius 2 is 2.16 bits per heavy atom. The van der Waals surface area contributed by atoms with Gasteiger partial charge in [0, 0.05) is 31.2 Å². The smallest absolute Gasteiger partial charge is 0.226 e. The molecule has 3 rings (SSSR count). The van der Waals surface area contributed by atoms with Crippen molar-refractivity contribution in [2.45, 2.75) is 19.0 Å². The van der Waals surface area contributed by atoms with Crippen LogP contribution in [0.25, 0.3) is 11.5 Å². The molecule has 1 aliphatic heterocycles. The highest BCUT2D eigenvalue weighted by atomic mass is 19.1. The number of halogens is 1. The van der Waals surface area contributed by atoms with Gasteiger partial charge in [-0.1, -0.05) is 0 Å². The largest absolute Gasteiger partial charge is 0.444 e. The molecule has 0 saturated carbocycles. The van der Waals surface area contributed by atoms with Gasteiger partial charge >= 0.3 is 0 Å². The van der Waals surface area contributed by atoms with E-state index in [1.54, 1.807) is 18.4 Å². The summed E-state index contributed by atoms with van der Waals surface area (Å²) in [5, 5.41) is 0. The lowest BCUT2D eigenvalue weighted by Crippen LogP contribution is -2.26. The average molecular weight is 261 g/mol. The van der Waals surface area contributed by atoms with Gasteiger partial charge in [-0.3, -0.25) is 4.90 Å². The third-order valence-electron chi connectivity index (χ3n) is 3.34. The Labute approximate surface area is 111 Å². The fraction of sp³-hybridized carbons (Fsp3) is 0.357. The summed E-state index contributed by atoms with van der Waals surface area (Å²) >= 11 is 0. The summed E-state index contributed by atoms with van der Waals surface area (Å²) in [5.74, 6) is 0.264. The number of aromatic nitrogens is 1. The second-order valence-electron chi connectivity index (χ2n) is 4.93. The van der Waals surface area contributed by atoms with E-state index in [9.17, 15) is 4.39 Å². The molecule has 4 nitrogen and oxygen atoms in total. The number of hydrogen-bond acceptors (Lipinski definition) is 4. The lowest BCUT2D eigenvalue weighted by Gasteiger charge is -2.12. The summed E-state index contributed by atoms with van der Waals surface area (Å²) < 4.78 is 18.3.